The fraction of sp³-hybridized carbons (Fsp3) is 0.250. The number of rotatable bonds is 3. The number of nitro benzene ring substituents is 2. The highest BCUT2D eigenvalue weighted by atomic mass is 16.6. The van der Waals surface area contributed by atoms with Gasteiger partial charge in [-0.3, -0.25) is 20.2 Å². The fourth-order valence-corrected chi connectivity index (χ4v) is 1.30. The van der Waals surface area contributed by atoms with Gasteiger partial charge in [-0.2, -0.15) is 0 Å². The molecule has 0 atom stereocenters. The van der Waals surface area contributed by atoms with E-state index in [0.29, 0.717) is 0 Å². The first-order chi connectivity index (χ1) is 6.97. The van der Waals surface area contributed by atoms with Gasteiger partial charge in [-0.05, 0) is 6.92 Å². The molecule has 1 aromatic carbocycles. The summed E-state index contributed by atoms with van der Waals surface area (Å²) in [5.41, 5.74) is 0.107. The van der Waals surface area contributed by atoms with Crippen LogP contribution in [0.15, 0.2) is 12.1 Å². The summed E-state index contributed by atoms with van der Waals surface area (Å²) < 4.78 is 0. The van der Waals surface area contributed by atoms with Crippen molar-refractivity contribution >= 4 is 17.1 Å². The van der Waals surface area contributed by atoms with Gasteiger partial charge in [-0.1, -0.05) is 0 Å². The van der Waals surface area contributed by atoms with Crippen LogP contribution in [0.2, 0.25) is 0 Å². The van der Waals surface area contributed by atoms with Gasteiger partial charge in [0, 0.05) is 24.7 Å². The Morgan fingerprint density at radius 2 is 1.80 bits per heavy atom. The molecule has 0 aliphatic heterocycles. The van der Waals surface area contributed by atoms with Crippen molar-refractivity contribution in [2.75, 3.05) is 12.4 Å². The summed E-state index contributed by atoms with van der Waals surface area (Å²) in [5, 5.41) is 23.8. The third-order valence-electron chi connectivity index (χ3n) is 1.95. The number of nitrogens with zero attached hydrogens (tertiary/aromatic N) is 2. The molecule has 0 aromatic heterocycles. The topological polar surface area (TPSA) is 98.3 Å². The Kier molecular flexibility index (Phi) is 2.84. The molecule has 1 aromatic rings. The van der Waals surface area contributed by atoms with Gasteiger partial charge in [0.15, 0.2) is 0 Å². The third-order valence-corrected chi connectivity index (χ3v) is 1.95. The molecule has 80 valence electrons. The number of non-ortho nitro benzene ring substituents is 1. The molecular formula is C8H9N3O4. The predicted molar refractivity (Wildman–Crippen MR) is 54.0 cm³/mol. The van der Waals surface area contributed by atoms with E-state index < -0.39 is 9.85 Å². The normalized spacial score (nSPS) is 9.73. The molecule has 0 aliphatic carbocycles. The summed E-state index contributed by atoms with van der Waals surface area (Å²) in [6.07, 6.45) is 0. The molecule has 0 bridgehead atoms. The summed E-state index contributed by atoms with van der Waals surface area (Å²) in [6, 6.07) is 2.32. The van der Waals surface area contributed by atoms with Gasteiger partial charge in [-0.25, -0.2) is 0 Å². The molecule has 0 radical (unpaired) electrons. The summed E-state index contributed by atoms with van der Waals surface area (Å²) in [7, 11) is 1.48. The molecule has 0 aliphatic rings. The molecule has 0 spiro atoms. The summed E-state index contributed by atoms with van der Waals surface area (Å²) in [4.78, 5) is 20.0. The maximum atomic E-state index is 10.7. The highest BCUT2D eigenvalue weighted by Crippen LogP contribution is 2.32. The van der Waals surface area contributed by atoms with Crippen LogP contribution >= 0.6 is 0 Å². The van der Waals surface area contributed by atoms with Crippen LogP contribution in [0, 0.1) is 27.2 Å². The van der Waals surface area contributed by atoms with Gasteiger partial charge in [-0.15, -0.1) is 0 Å². The zero-order valence-electron chi connectivity index (χ0n) is 8.18. The summed E-state index contributed by atoms with van der Waals surface area (Å²) in [5.74, 6) is 0. The van der Waals surface area contributed by atoms with E-state index in [4.69, 9.17) is 0 Å². The Hall–Kier alpha value is -2.18. The first-order valence-corrected chi connectivity index (χ1v) is 4.08. The smallest absolute Gasteiger partial charge is 0.295 e. The van der Waals surface area contributed by atoms with E-state index in [1.807, 2.05) is 0 Å². The lowest BCUT2D eigenvalue weighted by molar-refractivity contribution is -0.388. The van der Waals surface area contributed by atoms with Gasteiger partial charge in [0.1, 0.15) is 5.69 Å². The Morgan fingerprint density at radius 1 is 1.20 bits per heavy atom. The molecule has 0 saturated heterocycles. The van der Waals surface area contributed by atoms with Crippen LogP contribution < -0.4 is 5.32 Å². The SMILES string of the molecule is CNc1cc([N+](=O)[O-])cc(C)c1[N+](=O)[O-]. The Balaban J connectivity index is 3.43. The lowest BCUT2D eigenvalue weighted by atomic mass is 10.1. The first-order valence-electron chi connectivity index (χ1n) is 4.08. The van der Waals surface area contributed by atoms with Crippen LogP contribution in [0.25, 0.3) is 0 Å². The number of nitro groups is 2. The van der Waals surface area contributed by atoms with Gasteiger partial charge < -0.3 is 5.32 Å². The minimum absolute atomic E-state index is 0.136. The van der Waals surface area contributed by atoms with Gasteiger partial charge in [0.2, 0.25) is 0 Å². The van der Waals surface area contributed by atoms with Gasteiger partial charge >= 0.3 is 0 Å². The second-order valence-corrected chi connectivity index (χ2v) is 2.92. The number of hydrogen-bond acceptors (Lipinski definition) is 5. The van der Waals surface area contributed by atoms with Crippen molar-refractivity contribution in [2.45, 2.75) is 6.92 Å². The number of benzene rings is 1. The van der Waals surface area contributed by atoms with Crippen molar-refractivity contribution in [1.29, 1.82) is 0 Å². The number of nitrogens with one attached hydrogen (secondary N) is 1. The Morgan fingerprint density at radius 3 is 2.20 bits per heavy atom. The Bertz CT molecular complexity index is 430. The maximum Gasteiger partial charge on any atom is 0.295 e. The highest BCUT2D eigenvalue weighted by Gasteiger charge is 2.21. The highest BCUT2D eigenvalue weighted by molar-refractivity contribution is 5.69. The largest absolute Gasteiger partial charge is 0.382 e. The zero-order chi connectivity index (χ0) is 11.6. The molecule has 0 saturated carbocycles. The van der Waals surface area contributed by atoms with Crippen molar-refractivity contribution in [3.05, 3.63) is 37.9 Å². The summed E-state index contributed by atoms with van der Waals surface area (Å²) in [6.45, 7) is 1.46. The fourth-order valence-electron chi connectivity index (χ4n) is 1.30. The van der Waals surface area contributed by atoms with Gasteiger partial charge in [0.05, 0.1) is 9.85 Å². The minimum atomic E-state index is -0.586. The van der Waals surface area contributed by atoms with E-state index >= 15 is 0 Å². The number of hydrogen-bond donors (Lipinski definition) is 1. The Labute approximate surface area is 85.0 Å². The molecule has 0 amide bonds. The third kappa shape index (κ3) is 2.01. The van der Waals surface area contributed by atoms with Crippen molar-refractivity contribution in [1.82, 2.24) is 0 Å². The second-order valence-electron chi connectivity index (χ2n) is 2.92. The van der Waals surface area contributed by atoms with E-state index in [-0.39, 0.29) is 22.6 Å². The standard InChI is InChI=1S/C8H9N3O4/c1-5-3-6(10(12)13)4-7(9-2)8(5)11(14)15/h3-4,9H,1-2H3. The molecular weight excluding hydrogens is 202 g/mol. The van der Waals surface area contributed by atoms with Crippen molar-refractivity contribution < 1.29 is 9.85 Å². The van der Waals surface area contributed by atoms with E-state index in [1.54, 1.807) is 0 Å². The lowest BCUT2D eigenvalue weighted by Crippen LogP contribution is -2.00. The minimum Gasteiger partial charge on any atom is -0.382 e. The summed E-state index contributed by atoms with van der Waals surface area (Å²) >= 11 is 0. The van der Waals surface area contributed by atoms with Crippen LogP contribution in [-0.4, -0.2) is 16.9 Å². The molecule has 0 unspecified atom stereocenters. The van der Waals surface area contributed by atoms with Crippen LogP contribution in [-0.2, 0) is 0 Å². The molecule has 7 nitrogen and oxygen atoms in total. The van der Waals surface area contributed by atoms with Crippen LogP contribution in [0.5, 0.6) is 0 Å². The average molecular weight is 211 g/mol. The molecule has 7 heteroatoms. The van der Waals surface area contributed by atoms with E-state index in [1.165, 1.54) is 20.0 Å². The maximum absolute atomic E-state index is 10.7. The van der Waals surface area contributed by atoms with Crippen molar-refractivity contribution in [3.63, 3.8) is 0 Å². The van der Waals surface area contributed by atoms with Gasteiger partial charge in [0.25, 0.3) is 11.4 Å². The van der Waals surface area contributed by atoms with Crippen LogP contribution in [0.4, 0.5) is 17.1 Å². The monoisotopic (exact) mass is 211 g/mol. The zero-order valence-corrected chi connectivity index (χ0v) is 8.18. The van der Waals surface area contributed by atoms with E-state index in [9.17, 15) is 20.2 Å². The van der Waals surface area contributed by atoms with E-state index in [2.05, 4.69) is 5.32 Å². The molecule has 1 rings (SSSR count). The lowest BCUT2D eigenvalue weighted by Gasteiger charge is -2.04. The second kappa shape index (κ2) is 3.91. The predicted octanol–water partition coefficient (Wildman–Crippen LogP) is 1.85. The first kappa shape index (κ1) is 10.9. The molecule has 0 fully saturated rings. The van der Waals surface area contributed by atoms with Crippen molar-refractivity contribution in [3.8, 4) is 0 Å². The molecule has 1 N–H and O–H groups in total. The van der Waals surface area contributed by atoms with Crippen LogP contribution in [0.3, 0.4) is 0 Å². The van der Waals surface area contributed by atoms with Crippen molar-refractivity contribution in [2.24, 2.45) is 0 Å². The van der Waals surface area contributed by atoms with Crippen LogP contribution in [0.1, 0.15) is 5.56 Å². The molecule has 0 heterocycles. The number of anilines is 1. The molecule has 15 heavy (non-hydrogen) atoms. The number of aryl methyl sites for hydroxylation is 1. The average Bonchev–Trinajstić information content (AvgIpc) is 2.15. The van der Waals surface area contributed by atoms with E-state index in [0.717, 1.165) is 6.07 Å². The quantitative estimate of drug-likeness (QED) is 0.607.